The Morgan fingerprint density at radius 3 is 2.70 bits per heavy atom. The number of hydrogen-bond donors (Lipinski definition) is 1. The lowest BCUT2D eigenvalue weighted by Crippen LogP contribution is -1.94. The fourth-order valence-electron chi connectivity index (χ4n) is 0.611. The van der Waals surface area contributed by atoms with Crippen molar-refractivity contribution in [1.29, 1.82) is 0 Å². The van der Waals surface area contributed by atoms with Gasteiger partial charge in [-0.1, -0.05) is 6.92 Å². The highest BCUT2D eigenvalue weighted by molar-refractivity contribution is 5.90. The summed E-state index contributed by atoms with van der Waals surface area (Å²) in [5.74, 6) is 0.929. The number of H-pyrrole nitrogens is 1. The van der Waals surface area contributed by atoms with Crippen molar-refractivity contribution in [2.24, 2.45) is 0 Å². The van der Waals surface area contributed by atoms with Crippen LogP contribution in [0.15, 0.2) is 0 Å². The molecule has 0 amide bonds. The van der Waals surface area contributed by atoms with E-state index in [0.717, 1.165) is 12.2 Å². The molecule has 1 N–H and O–H groups in total. The van der Waals surface area contributed by atoms with Crippen molar-refractivity contribution in [2.75, 3.05) is 0 Å². The van der Waals surface area contributed by atoms with Crippen molar-refractivity contribution in [3.8, 4) is 0 Å². The second kappa shape index (κ2) is 2.60. The van der Waals surface area contributed by atoms with Gasteiger partial charge in [0.25, 0.3) is 0 Å². The van der Waals surface area contributed by atoms with Crippen molar-refractivity contribution in [3.63, 3.8) is 0 Å². The number of rotatable bonds is 2. The van der Waals surface area contributed by atoms with Crippen molar-refractivity contribution in [1.82, 2.24) is 15.2 Å². The predicted octanol–water partition coefficient (Wildman–Crippen LogP) is 0.570. The SMILES string of the molecule is CCc1nc(C(C)=O)n[nH]1. The largest absolute Gasteiger partial charge is 0.291 e. The molecule has 4 heteroatoms. The van der Waals surface area contributed by atoms with E-state index < -0.39 is 0 Å². The fraction of sp³-hybridized carbons (Fsp3) is 0.500. The number of aromatic nitrogens is 3. The second-order valence-electron chi connectivity index (χ2n) is 2.02. The Morgan fingerprint density at radius 1 is 1.70 bits per heavy atom. The van der Waals surface area contributed by atoms with E-state index in [1.807, 2.05) is 6.92 Å². The molecule has 0 radical (unpaired) electrons. The number of Topliss-reactive ketones (excluding diaryl/α,β-unsaturated/α-hetero) is 1. The third-order valence-electron chi connectivity index (χ3n) is 1.18. The van der Waals surface area contributed by atoms with Gasteiger partial charge in [0.1, 0.15) is 5.82 Å². The molecule has 1 heterocycles. The summed E-state index contributed by atoms with van der Waals surface area (Å²) in [6.45, 7) is 3.40. The first kappa shape index (κ1) is 6.92. The lowest BCUT2D eigenvalue weighted by molar-refractivity contribution is 0.100. The normalized spacial score (nSPS) is 9.80. The molecule has 54 valence electrons. The number of aromatic amines is 1. The third-order valence-corrected chi connectivity index (χ3v) is 1.18. The van der Waals surface area contributed by atoms with Gasteiger partial charge < -0.3 is 0 Å². The lowest BCUT2D eigenvalue weighted by Gasteiger charge is -1.80. The van der Waals surface area contributed by atoms with Crippen molar-refractivity contribution < 1.29 is 4.79 Å². The minimum atomic E-state index is -0.101. The molecule has 0 fully saturated rings. The summed E-state index contributed by atoms with van der Waals surface area (Å²) in [5.41, 5.74) is 0. The molecule has 0 atom stereocenters. The van der Waals surface area contributed by atoms with Crippen LogP contribution in [-0.2, 0) is 6.42 Å². The summed E-state index contributed by atoms with van der Waals surface area (Å²) >= 11 is 0. The number of nitrogens with zero attached hydrogens (tertiary/aromatic N) is 2. The number of hydrogen-bond acceptors (Lipinski definition) is 3. The van der Waals surface area contributed by atoms with Crippen LogP contribution in [0.25, 0.3) is 0 Å². The summed E-state index contributed by atoms with van der Waals surface area (Å²) in [4.78, 5) is 14.5. The molecule has 0 aliphatic carbocycles. The Morgan fingerprint density at radius 2 is 2.40 bits per heavy atom. The standard InChI is InChI=1S/C6H9N3O/c1-3-5-7-6(4(2)10)9-8-5/h3H2,1-2H3,(H,7,8,9). The van der Waals surface area contributed by atoms with Crippen LogP contribution in [0.5, 0.6) is 0 Å². The zero-order valence-corrected chi connectivity index (χ0v) is 6.01. The quantitative estimate of drug-likeness (QED) is 0.609. The maximum absolute atomic E-state index is 10.6. The smallest absolute Gasteiger partial charge is 0.216 e. The van der Waals surface area contributed by atoms with Gasteiger partial charge in [-0.05, 0) is 0 Å². The fourth-order valence-corrected chi connectivity index (χ4v) is 0.611. The minimum absolute atomic E-state index is 0.101. The van der Waals surface area contributed by atoms with Crippen molar-refractivity contribution in [3.05, 3.63) is 11.6 Å². The molecule has 0 aromatic carbocycles. The number of carbonyl (C=O) groups excluding carboxylic acids is 1. The van der Waals surface area contributed by atoms with Gasteiger partial charge in [-0.2, -0.15) is 5.10 Å². The van der Waals surface area contributed by atoms with Crippen LogP contribution < -0.4 is 0 Å². The van der Waals surface area contributed by atoms with E-state index in [-0.39, 0.29) is 11.6 Å². The Bertz CT molecular complexity index is 241. The highest BCUT2D eigenvalue weighted by Gasteiger charge is 2.04. The number of aryl methyl sites for hydroxylation is 1. The summed E-state index contributed by atoms with van der Waals surface area (Å²) in [5, 5.41) is 6.36. The van der Waals surface area contributed by atoms with Gasteiger partial charge in [0.2, 0.25) is 5.82 Å². The van der Waals surface area contributed by atoms with Crippen LogP contribution in [-0.4, -0.2) is 21.0 Å². The van der Waals surface area contributed by atoms with Crippen LogP contribution in [0, 0.1) is 0 Å². The number of ketones is 1. The second-order valence-corrected chi connectivity index (χ2v) is 2.02. The summed E-state index contributed by atoms with van der Waals surface area (Å²) in [6, 6.07) is 0. The molecule has 0 unspecified atom stereocenters. The molecule has 1 aromatic rings. The van der Waals surface area contributed by atoms with Gasteiger partial charge in [0.15, 0.2) is 5.78 Å². The van der Waals surface area contributed by atoms with Crippen LogP contribution >= 0.6 is 0 Å². The summed E-state index contributed by atoms with van der Waals surface area (Å²) in [7, 11) is 0. The van der Waals surface area contributed by atoms with Crippen molar-refractivity contribution in [2.45, 2.75) is 20.3 Å². The van der Waals surface area contributed by atoms with Gasteiger partial charge in [-0.25, -0.2) is 4.98 Å². The molecule has 0 saturated carbocycles. The Labute approximate surface area is 58.7 Å². The average molecular weight is 139 g/mol. The van der Waals surface area contributed by atoms with E-state index in [0.29, 0.717) is 0 Å². The summed E-state index contributed by atoms with van der Waals surface area (Å²) in [6.07, 6.45) is 0.778. The Hall–Kier alpha value is -1.19. The molecule has 0 aliphatic heterocycles. The highest BCUT2D eigenvalue weighted by atomic mass is 16.1. The first-order valence-electron chi connectivity index (χ1n) is 3.16. The van der Waals surface area contributed by atoms with Gasteiger partial charge in [0.05, 0.1) is 0 Å². The highest BCUT2D eigenvalue weighted by Crippen LogP contribution is 1.93. The molecular weight excluding hydrogens is 130 g/mol. The van der Waals surface area contributed by atoms with Crippen molar-refractivity contribution >= 4 is 5.78 Å². The van der Waals surface area contributed by atoms with E-state index >= 15 is 0 Å². The lowest BCUT2D eigenvalue weighted by atomic mass is 10.4. The monoisotopic (exact) mass is 139 g/mol. The maximum atomic E-state index is 10.6. The van der Waals surface area contributed by atoms with E-state index in [1.165, 1.54) is 6.92 Å². The molecule has 0 spiro atoms. The van der Waals surface area contributed by atoms with E-state index in [9.17, 15) is 4.79 Å². The molecule has 4 nitrogen and oxygen atoms in total. The topological polar surface area (TPSA) is 58.6 Å². The zero-order valence-electron chi connectivity index (χ0n) is 6.01. The molecule has 1 aromatic heterocycles. The van der Waals surface area contributed by atoms with Gasteiger partial charge in [-0.15, -0.1) is 0 Å². The first-order valence-corrected chi connectivity index (χ1v) is 3.16. The molecule has 1 rings (SSSR count). The zero-order chi connectivity index (χ0) is 7.56. The third kappa shape index (κ3) is 1.21. The van der Waals surface area contributed by atoms with Gasteiger partial charge in [0, 0.05) is 13.3 Å². The molecule has 0 bridgehead atoms. The number of nitrogens with one attached hydrogen (secondary N) is 1. The molecule has 10 heavy (non-hydrogen) atoms. The van der Waals surface area contributed by atoms with E-state index in [2.05, 4.69) is 15.2 Å². The average Bonchev–Trinajstić information content (AvgIpc) is 2.34. The van der Waals surface area contributed by atoms with Crippen LogP contribution in [0.3, 0.4) is 0 Å². The molecular formula is C6H9N3O. The summed E-state index contributed by atoms with van der Waals surface area (Å²) < 4.78 is 0. The first-order chi connectivity index (χ1) is 4.74. The van der Waals surface area contributed by atoms with Crippen LogP contribution in [0.4, 0.5) is 0 Å². The Kier molecular flexibility index (Phi) is 1.80. The number of carbonyl (C=O) groups is 1. The minimum Gasteiger partial charge on any atom is -0.291 e. The van der Waals surface area contributed by atoms with Gasteiger partial charge in [-0.3, -0.25) is 9.89 Å². The molecule has 0 aliphatic rings. The maximum Gasteiger partial charge on any atom is 0.216 e. The van der Waals surface area contributed by atoms with Crippen LogP contribution in [0.1, 0.15) is 30.3 Å². The van der Waals surface area contributed by atoms with E-state index in [4.69, 9.17) is 0 Å². The van der Waals surface area contributed by atoms with Crippen LogP contribution in [0.2, 0.25) is 0 Å². The Balaban J connectivity index is 2.88. The van der Waals surface area contributed by atoms with E-state index in [1.54, 1.807) is 0 Å². The predicted molar refractivity (Wildman–Crippen MR) is 35.8 cm³/mol. The van der Waals surface area contributed by atoms with Gasteiger partial charge >= 0.3 is 0 Å². The molecule has 0 saturated heterocycles.